The Labute approximate surface area is 177 Å². The standard InChI is InChI=1S/C19H22F2N6O3S/c1-31(29,30)26-6-3-14(4-7-26)24-18-23-11-13-8-12(10-22)17(28)27(16(13)25-18)15-2-5-19(20,21)9-15/h8,11,14-15H,2-7,9H2,1H3,(H,23,24,25). The topological polar surface area (TPSA) is 121 Å². The van der Waals surface area contributed by atoms with Crippen LogP contribution in [0, 0.1) is 11.3 Å². The normalized spacial score (nSPS) is 22.5. The fraction of sp³-hybridized carbons (Fsp3) is 0.579. The first kappa shape index (κ1) is 21.6. The van der Waals surface area contributed by atoms with E-state index in [9.17, 15) is 27.3 Å². The van der Waals surface area contributed by atoms with Crippen molar-refractivity contribution in [3.05, 3.63) is 28.2 Å². The van der Waals surface area contributed by atoms with Crippen LogP contribution in [0.15, 0.2) is 17.1 Å². The average Bonchev–Trinajstić information content (AvgIpc) is 3.06. The number of anilines is 1. The average molecular weight is 452 g/mol. The number of fused-ring (bicyclic) bond motifs is 1. The third-order valence-electron chi connectivity index (χ3n) is 5.89. The van der Waals surface area contributed by atoms with E-state index in [0.717, 1.165) is 0 Å². The fourth-order valence-electron chi connectivity index (χ4n) is 4.27. The molecule has 1 aliphatic carbocycles. The van der Waals surface area contributed by atoms with E-state index in [4.69, 9.17) is 0 Å². The summed E-state index contributed by atoms with van der Waals surface area (Å²) in [5.74, 6) is -2.63. The lowest BCUT2D eigenvalue weighted by molar-refractivity contribution is 0.00566. The smallest absolute Gasteiger partial charge is 0.270 e. The Morgan fingerprint density at radius 3 is 2.58 bits per heavy atom. The van der Waals surface area contributed by atoms with Crippen LogP contribution < -0.4 is 10.9 Å². The molecule has 31 heavy (non-hydrogen) atoms. The maximum absolute atomic E-state index is 13.8. The van der Waals surface area contributed by atoms with Crippen LogP contribution in [0.25, 0.3) is 11.0 Å². The number of nitrogens with zero attached hydrogens (tertiary/aromatic N) is 5. The third kappa shape index (κ3) is 4.38. The van der Waals surface area contributed by atoms with Gasteiger partial charge in [-0.15, -0.1) is 0 Å². The molecule has 12 heteroatoms. The summed E-state index contributed by atoms with van der Waals surface area (Å²) in [4.78, 5) is 21.5. The lowest BCUT2D eigenvalue weighted by Gasteiger charge is -2.30. The molecule has 9 nitrogen and oxygen atoms in total. The summed E-state index contributed by atoms with van der Waals surface area (Å²) in [7, 11) is -3.24. The van der Waals surface area contributed by atoms with E-state index in [1.165, 1.54) is 27.4 Å². The molecule has 1 N–H and O–H groups in total. The number of hydrogen-bond acceptors (Lipinski definition) is 7. The van der Waals surface area contributed by atoms with Gasteiger partial charge in [-0.2, -0.15) is 10.2 Å². The van der Waals surface area contributed by atoms with Crippen LogP contribution in [0.3, 0.4) is 0 Å². The number of sulfonamides is 1. The van der Waals surface area contributed by atoms with E-state index in [2.05, 4.69) is 15.3 Å². The first-order valence-electron chi connectivity index (χ1n) is 9.99. The Morgan fingerprint density at radius 2 is 2.00 bits per heavy atom. The summed E-state index contributed by atoms with van der Waals surface area (Å²) in [6.07, 6.45) is 3.07. The number of nitriles is 1. The van der Waals surface area contributed by atoms with Gasteiger partial charge in [-0.25, -0.2) is 26.5 Å². The summed E-state index contributed by atoms with van der Waals surface area (Å²) in [6, 6.07) is 2.38. The van der Waals surface area contributed by atoms with Crippen molar-refractivity contribution >= 4 is 27.0 Å². The Balaban J connectivity index is 1.65. The zero-order valence-corrected chi connectivity index (χ0v) is 17.7. The van der Waals surface area contributed by atoms with Crippen LogP contribution in [0.2, 0.25) is 0 Å². The van der Waals surface area contributed by atoms with Gasteiger partial charge in [0.25, 0.3) is 5.56 Å². The molecular formula is C19H22F2N6O3S. The van der Waals surface area contributed by atoms with E-state index in [1.807, 2.05) is 6.07 Å². The van der Waals surface area contributed by atoms with Crippen molar-refractivity contribution < 1.29 is 17.2 Å². The van der Waals surface area contributed by atoms with E-state index < -0.39 is 34.0 Å². The maximum Gasteiger partial charge on any atom is 0.270 e. The van der Waals surface area contributed by atoms with E-state index in [0.29, 0.717) is 31.3 Å². The zero-order valence-electron chi connectivity index (χ0n) is 16.9. The minimum atomic E-state index is -3.24. The number of pyridine rings is 1. The number of aromatic nitrogens is 3. The van der Waals surface area contributed by atoms with Crippen LogP contribution >= 0.6 is 0 Å². The molecule has 3 heterocycles. The van der Waals surface area contributed by atoms with Crippen molar-refractivity contribution in [3.8, 4) is 6.07 Å². The van der Waals surface area contributed by atoms with Crippen molar-refractivity contribution in [2.24, 2.45) is 0 Å². The van der Waals surface area contributed by atoms with Crippen molar-refractivity contribution in [1.82, 2.24) is 18.8 Å². The van der Waals surface area contributed by atoms with Crippen LogP contribution in [0.5, 0.6) is 0 Å². The summed E-state index contributed by atoms with van der Waals surface area (Å²) < 4.78 is 53.6. The predicted octanol–water partition coefficient (Wildman–Crippen LogP) is 1.86. The molecule has 2 aromatic heterocycles. The second kappa shape index (κ2) is 7.80. The van der Waals surface area contributed by atoms with Gasteiger partial charge in [0.05, 0.1) is 6.26 Å². The maximum atomic E-state index is 13.8. The molecule has 2 fully saturated rings. The minimum absolute atomic E-state index is 0.0650. The molecule has 1 atom stereocenters. The van der Waals surface area contributed by atoms with Gasteiger partial charge in [0.15, 0.2) is 0 Å². The molecule has 1 aliphatic heterocycles. The number of piperidine rings is 1. The van der Waals surface area contributed by atoms with E-state index in [-0.39, 0.29) is 36.0 Å². The first-order chi connectivity index (χ1) is 14.6. The van der Waals surface area contributed by atoms with E-state index >= 15 is 0 Å². The molecular weight excluding hydrogens is 430 g/mol. The second-order valence-electron chi connectivity index (χ2n) is 8.15. The highest BCUT2D eigenvalue weighted by molar-refractivity contribution is 7.88. The SMILES string of the molecule is CS(=O)(=O)N1CCC(Nc2ncc3cc(C#N)c(=O)n(C4CCC(F)(F)C4)c3n2)CC1. The molecule has 0 bridgehead atoms. The molecule has 4 rings (SSSR count). The second-order valence-corrected chi connectivity index (χ2v) is 10.1. The Bertz CT molecular complexity index is 1220. The molecule has 0 radical (unpaired) electrons. The zero-order chi connectivity index (χ0) is 22.4. The lowest BCUT2D eigenvalue weighted by Crippen LogP contribution is -2.42. The molecule has 2 aliphatic rings. The fourth-order valence-corrected chi connectivity index (χ4v) is 5.14. The lowest BCUT2D eigenvalue weighted by atomic mass is 10.1. The first-order valence-corrected chi connectivity index (χ1v) is 11.8. The van der Waals surface area contributed by atoms with Gasteiger partial charge in [-0.1, -0.05) is 0 Å². The Morgan fingerprint density at radius 1 is 1.29 bits per heavy atom. The van der Waals surface area contributed by atoms with Gasteiger partial charge >= 0.3 is 0 Å². The van der Waals surface area contributed by atoms with Gasteiger partial charge in [0.1, 0.15) is 17.3 Å². The van der Waals surface area contributed by atoms with Gasteiger partial charge in [-0.3, -0.25) is 9.36 Å². The van der Waals surface area contributed by atoms with Crippen LogP contribution in [0.4, 0.5) is 14.7 Å². The Hall–Kier alpha value is -2.65. The number of nitrogens with one attached hydrogen (secondary N) is 1. The highest BCUT2D eigenvalue weighted by atomic mass is 32.2. The molecule has 1 saturated carbocycles. The molecule has 2 aromatic rings. The van der Waals surface area contributed by atoms with Crippen LogP contribution in [-0.2, 0) is 10.0 Å². The van der Waals surface area contributed by atoms with E-state index in [1.54, 1.807) is 0 Å². The molecule has 1 unspecified atom stereocenters. The van der Waals surface area contributed by atoms with Crippen molar-refractivity contribution in [3.63, 3.8) is 0 Å². The number of alkyl halides is 2. The van der Waals surface area contributed by atoms with Gasteiger partial charge in [0.2, 0.25) is 21.9 Å². The Kier molecular flexibility index (Phi) is 5.43. The largest absolute Gasteiger partial charge is 0.351 e. The minimum Gasteiger partial charge on any atom is -0.351 e. The summed E-state index contributed by atoms with van der Waals surface area (Å²) in [5.41, 5.74) is -0.568. The number of rotatable bonds is 4. The van der Waals surface area contributed by atoms with Crippen LogP contribution in [0.1, 0.15) is 43.7 Å². The predicted molar refractivity (Wildman–Crippen MR) is 109 cm³/mol. The van der Waals surface area contributed by atoms with Gasteiger partial charge < -0.3 is 5.32 Å². The molecule has 0 spiro atoms. The summed E-state index contributed by atoms with van der Waals surface area (Å²) >= 11 is 0. The van der Waals surface area contributed by atoms with Gasteiger partial charge in [0, 0.05) is 49.6 Å². The highest BCUT2D eigenvalue weighted by Crippen LogP contribution is 2.41. The highest BCUT2D eigenvalue weighted by Gasteiger charge is 2.41. The van der Waals surface area contributed by atoms with Crippen molar-refractivity contribution in [2.45, 2.75) is 50.1 Å². The molecule has 1 saturated heterocycles. The monoisotopic (exact) mass is 452 g/mol. The van der Waals surface area contributed by atoms with Gasteiger partial charge in [-0.05, 0) is 25.3 Å². The van der Waals surface area contributed by atoms with Crippen molar-refractivity contribution in [1.29, 1.82) is 5.26 Å². The summed E-state index contributed by atoms with van der Waals surface area (Å²) in [6.45, 7) is 0.745. The molecule has 0 aromatic carbocycles. The van der Waals surface area contributed by atoms with Crippen molar-refractivity contribution in [2.75, 3.05) is 24.7 Å². The van der Waals surface area contributed by atoms with Crippen LogP contribution in [-0.4, -0.2) is 58.6 Å². The summed E-state index contributed by atoms with van der Waals surface area (Å²) in [5, 5.41) is 12.9. The quantitative estimate of drug-likeness (QED) is 0.752. The third-order valence-corrected chi connectivity index (χ3v) is 7.20. The number of halogens is 2. The molecule has 0 amide bonds. The molecule has 166 valence electrons. The number of hydrogen-bond donors (Lipinski definition) is 1.